The van der Waals surface area contributed by atoms with Crippen molar-refractivity contribution in [3.05, 3.63) is 23.8 Å². The van der Waals surface area contributed by atoms with E-state index in [0.717, 1.165) is 16.9 Å². The van der Waals surface area contributed by atoms with Crippen molar-refractivity contribution >= 4 is 17.3 Å². The lowest BCUT2D eigenvalue weighted by atomic mass is 10.0. The first kappa shape index (κ1) is 12.9. The first-order chi connectivity index (χ1) is 8.18. The Bertz CT molecular complexity index is 489. The summed E-state index contributed by atoms with van der Waals surface area (Å²) in [5.74, 6) is 0.178. The van der Waals surface area contributed by atoms with Crippen LogP contribution in [0.15, 0.2) is 18.2 Å². The number of nitrogens with two attached hydrogens (primary N) is 1. The molecule has 3 nitrogen and oxygen atoms in total. The average molecular weight is 246 g/mol. The molecule has 18 heavy (non-hydrogen) atoms. The van der Waals surface area contributed by atoms with Gasteiger partial charge in [0.2, 0.25) is 5.91 Å². The molecular formula is C15H22N2O. The average Bonchev–Trinajstić information content (AvgIpc) is 2.63. The highest BCUT2D eigenvalue weighted by Crippen LogP contribution is 2.68. The molecule has 98 valence electrons. The van der Waals surface area contributed by atoms with Gasteiger partial charge in [-0.25, -0.2) is 0 Å². The van der Waals surface area contributed by atoms with Gasteiger partial charge in [0.1, 0.15) is 0 Å². The number of nitrogen functional groups attached to an aromatic ring is 1. The Balaban J connectivity index is 2.12. The van der Waals surface area contributed by atoms with Crippen molar-refractivity contribution in [1.82, 2.24) is 0 Å². The van der Waals surface area contributed by atoms with Gasteiger partial charge in [0.25, 0.3) is 0 Å². The minimum atomic E-state index is 0.0694. The van der Waals surface area contributed by atoms with Crippen LogP contribution in [0.1, 0.15) is 33.3 Å². The molecular weight excluding hydrogens is 224 g/mol. The molecule has 0 saturated heterocycles. The second-order valence-electron chi connectivity index (χ2n) is 6.44. The van der Waals surface area contributed by atoms with E-state index >= 15 is 0 Å². The molecule has 0 aliphatic heterocycles. The Morgan fingerprint density at radius 3 is 2.22 bits per heavy atom. The topological polar surface area (TPSA) is 55.1 Å². The van der Waals surface area contributed by atoms with Gasteiger partial charge in [-0.2, -0.15) is 0 Å². The fraction of sp³-hybridized carbons (Fsp3) is 0.533. The van der Waals surface area contributed by atoms with Crippen molar-refractivity contribution in [1.29, 1.82) is 0 Å². The van der Waals surface area contributed by atoms with Gasteiger partial charge in [-0.3, -0.25) is 4.79 Å². The lowest BCUT2D eigenvalue weighted by Gasteiger charge is -2.08. The number of carbonyl (C=O) groups is 1. The fourth-order valence-electron chi connectivity index (χ4n) is 2.82. The van der Waals surface area contributed by atoms with Crippen LogP contribution in [0.2, 0.25) is 0 Å². The quantitative estimate of drug-likeness (QED) is 0.787. The molecule has 0 bridgehead atoms. The molecule has 1 aromatic carbocycles. The molecule has 3 N–H and O–H groups in total. The normalized spacial score (nSPS) is 20.5. The molecule has 1 fully saturated rings. The van der Waals surface area contributed by atoms with Crippen LogP contribution in [-0.4, -0.2) is 5.91 Å². The SMILES string of the molecule is Cc1cc(NC(=O)C2C(C)(C)C2(C)C)ccc1N. The Morgan fingerprint density at radius 2 is 1.78 bits per heavy atom. The van der Waals surface area contributed by atoms with E-state index < -0.39 is 0 Å². The number of amides is 1. The van der Waals surface area contributed by atoms with E-state index in [4.69, 9.17) is 5.73 Å². The molecule has 0 heterocycles. The molecule has 1 aliphatic rings. The summed E-state index contributed by atoms with van der Waals surface area (Å²) in [6, 6.07) is 5.59. The summed E-state index contributed by atoms with van der Waals surface area (Å²) in [6.07, 6.45) is 0. The number of hydrogen-bond donors (Lipinski definition) is 2. The largest absolute Gasteiger partial charge is 0.399 e. The monoisotopic (exact) mass is 246 g/mol. The first-order valence-electron chi connectivity index (χ1n) is 6.35. The summed E-state index contributed by atoms with van der Waals surface area (Å²) in [5.41, 5.74) is 8.47. The Kier molecular flexibility index (Phi) is 2.69. The number of rotatable bonds is 2. The molecule has 2 rings (SSSR count). The highest BCUT2D eigenvalue weighted by Gasteiger charge is 2.68. The molecule has 0 aromatic heterocycles. The molecule has 3 heteroatoms. The zero-order chi connectivity index (χ0) is 13.7. The van der Waals surface area contributed by atoms with Crippen LogP contribution < -0.4 is 11.1 Å². The Morgan fingerprint density at radius 1 is 1.22 bits per heavy atom. The molecule has 0 radical (unpaired) electrons. The van der Waals surface area contributed by atoms with E-state index in [1.165, 1.54) is 0 Å². The van der Waals surface area contributed by atoms with Gasteiger partial charge < -0.3 is 11.1 Å². The van der Waals surface area contributed by atoms with Crippen LogP contribution in [-0.2, 0) is 4.79 Å². The molecule has 0 atom stereocenters. The number of hydrogen-bond acceptors (Lipinski definition) is 2. The first-order valence-corrected chi connectivity index (χ1v) is 6.35. The van der Waals surface area contributed by atoms with Crippen molar-refractivity contribution in [2.45, 2.75) is 34.6 Å². The predicted molar refractivity (Wildman–Crippen MR) is 75.3 cm³/mol. The highest BCUT2D eigenvalue weighted by molar-refractivity contribution is 5.96. The summed E-state index contributed by atoms with van der Waals surface area (Å²) >= 11 is 0. The van der Waals surface area contributed by atoms with Crippen molar-refractivity contribution in [2.24, 2.45) is 16.7 Å². The minimum absolute atomic E-state index is 0.0694. The summed E-state index contributed by atoms with van der Waals surface area (Å²) in [6.45, 7) is 10.5. The zero-order valence-electron chi connectivity index (χ0n) is 11.8. The number of nitrogens with one attached hydrogen (secondary N) is 1. The highest BCUT2D eigenvalue weighted by atomic mass is 16.2. The van der Waals surface area contributed by atoms with Crippen molar-refractivity contribution in [2.75, 3.05) is 11.1 Å². The zero-order valence-corrected chi connectivity index (χ0v) is 11.8. The van der Waals surface area contributed by atoms with E-state index in [1.54, 1.807) is 0 Å². The molecule has 1 aromatic rings. The summed E-state index contributed by atoms with van der Waals surface area (Å²) in [4.78, 5) is 12.3. The second kappa shape index (κ2) is 3.74. The van der Waals surface area contributed by atoms with Gasteiger partial charge in [-0.15, -0.1) is 0 Å². The van der Waals surface area contributed by atoms with E-state index in [2.05, 4.69) is 33.0 Å². The van der Waals surface area contributed by atoms with Crippen molar-refractivity contribution in [3.8, 4) is 0 Å². The molecule has 1 aliphatic carbocycles. The standard InChI is InChI=1S/C15H22N2O/c1-9-8-10(6-7-11(9)16)17-13(18)12-14(2,3)15(12,4)5/h6-8,12H,16H2,1-5H3,(H,17,18). The van der Waals surface area contributed by atoms with Crippen LogP contribution in [0.25, 0.3) is 0 Å². The lowest BCUT2D eigenvalue weighted by Crippen LogP contribution is -2.17. The van der Waals surface area contributed by atoms with Gasteiger partial charge in [0.15, 0.2) is 0 Å². The minimum Gasteiger partial charge on any atom is -0.399 e. The third-order valence-corrected chi connectivity index (χ3v) is 4.82. The van der Waals surface area contributed by atoms with E-state index in [1.807, 2.05) is 25.1 Å². The maximum atomic E-state index is 12.3. The summed E-state index contributed by atoms with van der Waals surface area (Å²) in [7, 11) is 0. The fourth-order valence-corrected chi connectivity index (χ4v) is 2.82. The Hall–Kier alpha value is -1.51. The van der Waals surface area contributed by atoms with E-state index in [0.29, 0.717) is 0 Å². The van der Waals surface area contributed by atoms with Crippen molar-refractivity contribution in [3.63, 3.8) is 0 Å². The maximum Gasteiger partial charge on any atom is 0.228 e. The van der Waals surface area contributed by atoms with Gasteiger partial charge >= 0.3 is 0 Å². The third kappa shape index (κ3) is 1.78. The van der Waals surface area contributed by atoms with Crippen LogP contribution >= 0.6 is 0 Å². The van der Waals surface area contributed by atoms with E-state index in [-0.39, 0.29) is 22.7 Å². The molecule has 0 unspecified atom stereocenters. The lowest BCUT2D eigenvalue weighted by molar-refractivity contribution is -0.118. The van der Waals surface area contributed by atoms with Gasteiger partial charge in [0, 0.05) is 17.3 Å². The van der Waals surface area contributed by atoms with Crippen LogP contribution in [0.5, 0.6) is 0 Å². The van der Waals surface area contributed by atoms with Gasteiger partial charge in [-0.1, -0.05) is 27.7 Å². The maximum absolute atomic E-state index is 12.3. The number of aryl methyl sites for hydroxylation is 1. The number of carbonyl (C=O) groups excluding carboxylic acids is 1. The summed E-state index contributed by atoms with van der Waals surface area (Å²) < 4.78 is 0. The van der Waals surface area contributed by atoms with Gasteiger partial charge in [0.05, 0.1) is 0 Å². The Labute approximate surface area is 109 Å². The predicted octanol–water partition coefficient (Wildman–Crippen LogP) is 3.20. The van der Waals surface area contributed by atoms with E-state index in [9.17, 15) is 4.79 Å². The van der Waals surface area contributed by atoms with Gasteiger partial charge in [-0.05, 0) is 41.5 Å². The smallest absolute Gasteiger partial charge is 0.228 e. The number of anilines is 2. The summed E-state index contributed by atoms with van der Waals surface area (Å²) in [5, 5.41) is 2.99. The number of benzene rings is 1. The molecule has 1 amide bonds. The molecule has 0 spiro atoms. The third-order valence-electron chi connectivity index (χ3n) is 4.82. The molecule has 1 saturated carbocycles. The second-order valence-corrected chi connectivity index (χ2v) is 6.44. The van der Waals surface area contributed by atoms with Crippen molar-refractivity contribution < 1.29 is 4.79 Å². The van der Waals surface area contributed by atoms with Crippen LogP contribution in [0.3, 0.4) is 0 Å². The van der Waals surface area contributed by atoms with Crippen LogP contribution in [0, 0.1) is 23.7 Å². The van der Waals surface area contributed by atoms with Crippen LogP contribution in [0.4, 0.5) is 11.4 Å².